The monoisotopic (exact) mass is 495 g/mol. The highest BCUT2D eigenvalue weighted by atomic mass is 79.9. The Morgan fingerprint density at radius 3 is 2.69 bits per heavy atom. The van der Waals surface area contributed by atoms with Gasteiger partial charge in [-0.25, -0.2) is 4.98 Å². The molecule has 1 aromatic carbocycles. The van der Waals surface area contributed by atoms with Crippen molar-refractivity contribution in [2.45, 2.75) is 25.8 Å². The molecule has 1 saturated heterocycles. The maximum atomic E-state index is 12.2. The first-order chi connectivity index (χ1) is 13.9. The predicted octanol–water partition coefficient (Wildman–Crippen LogP) is 5.23. The summed E-state index contributed by atoms with van der Waals surface area (Å²) in [5.74, 6) is -0.581. The van der Waals surface area contributed by atoms with E-state index < -0.39 is 5.91 Å². The lowest BCUT2D eigenvalue weighted by atomic mass is 10.1. The number of carbonyl (C=O) groups excluding carboxylic acids is 1. The fourth-order valence-corrected chi connectivity index (χ4v) is 4.63. The van der Waals surface area contributed by atoms with Crippen molar-refractivity contribution in [3.05, 3.63) is 56.4 Å². The quantitative estimate of drug-likeness (QED) is 0.507. The summed E-state index contributed by atoms with van der Waals surface area (Å²) in [6.45, 7) is 2.87. The van der Waals surface area contributed by atoms with E-state index in [0.29, 0.717) is 27.1 Å². The minimum absolute atomic E-state index is 0.277. The van der Waals surface area contributed by atoms with Crippen LogP contribution < -0.4 is 11.1 Å². The molecule has 1 amide bonds. The van der Waals surface area contributed by atoms with Gasteiger partial charge in [0.15, 0.2) is 5.65 Å². The number of benzene rings is 1. The van der Waals surface area contributed by atoms with Crippen molar-refractivity contribution >= 4 is 62.1 Å². The van der Waals surface area contributed by atoms with Gasteiger partial charge in [-0.1, -0.05) is 45.6 Å². The number of halogens is 3. The zero-order valence-electron chi connectivity index (χ0n) is 15.6. The van der Waals surface area contributed by atoms with Gasteiger partial charge in [-0.15, -0.1) is 0 Å². The molecule has 1 aliphatic heterocycles. The SMILES string of the molecule is NC(=O)c1cn2c(CN3CCCCC3)cnc2c(Cl)c1Nc1ccc(Br)cc1Cl. The van der Waals surface area contributed by atoms with Crippen LogP contribution in [0.25, 0.3) is 5.65 Å². The number of nitrogens with zero attached hydrogens (tertiary/aromatic N) is 3. The summed E-state index contributed by atoms with van der Waals surface area (Å²) >= 11 is 16.4. The number of hydrogen-bond acceptors (Lipinski definition) is 4. The Labute approximate surface area is 187 Å². The molecule has 4 rings (SSSR count). The van der Waals surface area contributed by atoms with Crippen LogP contribution in [0.2, 0.25) is 10.0 Å². The molecule has 0 spiro atoms. The zero-order chi connectivity index (χ0) is 20.5. The summed E-state index contributed by atoms with van der Waals surface area (Å²) in [5, 5.41) is 3.96. The van der Waals surface area contributed by atoms with E-state index in [9.17, 15) is 4.79 Å². The van der Waals surface area contributed by atoms with Gasteiger partial charge < -0.3 is 15.5 Å². The molecule has 2 aromatic heterocycles. The summed E-state index contributed by atoms with van der Waals surface area (Å²) in [6.07, 6.45) is 7.18. The van der Waals surface area contributed by atoms with E-state index in [-0.39, 0.29) is 5.56 Å². The number of rotatable bonds is 5. The molecule has 0 bridgehead atoms. The molecule has 9 heteroatoms. The third kappa shape index (κ3) is 4.23. The number of amides is 1. The highest BCUT2D eigenvalue weighted by Crippen LogP contribution is 2.36. The second-order valence-electron chi connectivity index (χ2n) is 7.13. The van der Waals surface area contributed by atoms with E-state index >= 15 is 0 Å². The maximum Gasteiger partial charge on any atom is 0.252 e. The lowest BCUT2D eigenvalue weighted by Crippen LogP contribution is -2.29. The van der Waals surface area contributed by atoms with Crippen molar-refractivity contribution in [2.24, 2.45) is 5.73 Å². The van der Waals surface area contributed by atoms with Crippen molar-refractivity contribution in [2.75, 3.05) is 18.4 Å². The Morgan fingerprint density at radius 1 is 1.24 bits per heavy atom. The topological polar surface area (TPSA) is 75.7 Å². The molecule has 0 aliphatic carbocycles. The number of hydrogen-bond donors (Lipinski definition) is 2. The zero-order valence-corrected chi connectivity index (χ0v) is 18.7. The van der Waals surface area contributed by atoms with Gasteiger partial charge in [0.2, 0.25) is 0 Å². The molecule has 3 heterocycles. The number of nitrogens with two attached hydrogens (primary N) is 1. The van der Waals surface area contributed by atoms with Crippen molar-refractivity contribution in [1.82, 2.24) is 14.3 Å². The summed E-state index contributed by atoms with van der Waals surface area (Å²) in [7, 11) is 0. The fraction of sp³-hybridized carbons (Fsp3) is 0.300. The third-order valence-electron chi connectivity index (χ3n) is 5.11. The lowest BCUT2D eigenvalue weighted by Gasteiger charge is -2.26. The van der Waals surface area contributed by atoms with E-state index in [1.54, 1.807) is 24.5 Å². The molecular formula is C20H20BrCl2N5O. The van der Waals surface area contributed by atoms with Gasteiger partial charge >= 0.3 is 0 Å². The molecule has 0 saturated carbocycles. The van der Waals surface area contributed by atoms with Gasteiger partial charge in [-0.05, 0) is 44.1 Å². The molecule has 0 atom stereocenters. The van der Waals surface area contributed by atoms with Crippen LogP contribution in [0.1, 0.15) is 35.3 Å². The van der Waals surface area contributed by atoms with Crippen molar-refractivity contribution in [3.8, 4) is 0 Å². The Balaban J connectivity index is 1.75. The molecular weight excluding hydrogens is 477 g/mol. The number of pyridine rings is 1. The highest BCUT2D eigenvalue weighted by molar-refractivity contribution is 9.10. The number of carbonyl (C=O) groups is 1. The van der Waals surface area contributed by atoms with Crippen LogP contribution in [-0.4, -0.2) is 33.3 Å². The van der Waals surface area contributed by atoms with Crippen molar-refractivity contribution < 1.29 is 4.79 Å². The Kier molecular flexibility index (Phi) is 6.01. The molecule has 152 valence electrons. The average molecular weight is 497 g/mol. The Morgan fingerprint density at radius 2 is 2.00 bits per heavy atom. The van der Waals surface area contributed by atoms with Gasteiger partial charge in [0.25, 0.3) is 5.91 Å². The largest absolute Gasteiger partial charge is 0.365 e. The molecule has 1 aliphatic rings. The second kappa shape index (κ2) is 8.52. The highest BCUT2D eigenvalue weighted by Gasteiger charge is 2.21. The van der Waals surface area contributed by atoms with E-state index in [0.717, 1.165) is 29.8 Å². The van der Waals surface area contributed by atoms with Gasteiger partial charge in [-0.3, -0.25) is 9.69 Å². The molecule has 1 fully saturated rings. The van der Waals surface area contributed by atoms with Crippen LogP contribution in [0.3, 0.4) is 0 Å². The standard InChI is InChI=1S/C20H20BrCl2N5O/c21-12-4-5-16(15(22)8-12)26-18-14(19(24)29)11-28-13(9-25-20(28)17(18)23)10-27-6-2-1-3-7-27/h4-5,8-9,11,26H,1-3,6-7,10H2,(H2,24,29). The molecule has 0 unspecified atom stereocenters. The summed E-state index contributed by atoms with van der Waals surface area (Å²) in [5.41, 5.74) is 8.50. The minimum atomic E-state index is -0.581. The first-order valence-corrected chi connectivity index (χ1v) is 10.9. The molecule has 3 aromatic rings. The third-order valence-corrected chi connectivity index (χ3v) is 6.27. The Hall–Kier alpha value is -1.80. The van der Waals surface area contributed by atoms with Crippen LogP contribution in [0.4, 0.5) is 11.4 Å². The summed E-state index contributed by atoms with van der Waals surface area (Å²) in [6, 6.07) is 5.40. The first-order valence-electron chi connectivity index (χ1n) is 9.36. The molecule has 6 nitrogen and oxygen atoms in total. The number of nitrogens with one attached hydrogen (secondary N) is 1. The number of piperidine rings is 1. The number of anilines is 2. The van der Waals surface area contributed by atoms with Gasteiger partial charge in [0.05, 0.1) is 33.9 Å². The Bertz CT molecular complexity index is 1080. The predicted molar refractivity (Wildman–Crippen MR) is 120 cm³/mol. The van der Waals surface area contributed by atoms with Crippen molar-refractivity contribution in [3.63, 3.8) is 0 Å². The molecule has 29 heavy (non-hydrogen) atoms. The van der Waals surface area contributed by atoms with Crippen molar-refractivity contribution in [1.29, 1.82) is 0 Å². The second-order valence-corrected chi connectivity index (χ2v) is 8.83. The number of fused-ring (bicyclic) bond motifs is 1. The molecule has 0 radical (unpaired) electrons. The minimum Gasteiger partial charge on any atom is -0.365 e. The van der Waals surface area contributed by atoms with E-state index in [1.807, 2.05) is 10.5 Å². The van der Waals surface area contributed by atoms with Gasteiger partial charge in [0, 0.05) is 17.2 Å². The van der Waals surface area contributed by atoms with Gasteiger partial charge in [0.1, 0.15) is 5.02 Å². The molecule has 3 N–H and O–H groups in total. The first kappa shape index (κ1) is 20.5. The van der Waals surface area contributed by atoms with Crippen LogP contribution in [0.5, 0.6) is 0 Å². The van der Waals surface area contributed by atoms with Gasteiger partial charge in [-0.2, -0.15) is 0 Å². The van der Waals surface area contributed by atoms with E-state index in [4.69, 9.17) is 28.9 Å². The summed E-state index contributed by atoms with van der Waals surface area (Å²) < 4.78 is 2.70. The van der Waals surface area contributed by atoms with Crippen LogP contribution >= 0.6 is 39.1 Å². The van der Waals surface area contributed by atoms with Crippen LogP contribution in [0, 0.1) is 0 Å². The average Bonchev–Trinajstić information content (AvgIpc) is 3.09. The smallest absolute Gasteiger partial charge is 0.252 e. The van der Waals surface area contributed by atoms with Crippen LogP contribution in [0.15, 0.2) is 35.1 Å². The number of imidazole rings is 1. The normalized spacial score (nSPS) is 15.0. The number of likely N-dealkylation sites (tertiary alicyclic amines) is 1. The fourth-order valence-electron chi connectivity index (χ4n) is 3.62. The summed E-state index contributed by atoms with van der Waals surface area (Å²) in [4.78, 5) is 19.1. The van der Waals surface area contributed by atoms with E-state index in [1.165, 1.54) is 19.3 Å². The van der Waals surface area contributed by atoms with E-state index in [2.05, 4.69) is 31.1 Å². The number of aromatic nitrogens is 2. The number of primary amides is 1. The maximum absolute atomic E-state index is 12.2. The lowest BCUT2D eigenvalue weighted by molar-refractivity contribution is 0.100. The van der Waals surface area contributed by atoms with Crippen LogP contribution in [-0.2, 0) is 6.54 Å².